The van der Waals surface area contributed by atoms with E-state index in [0.717, 1.165) is 6.42 Å². The third kappa shape index (κ3) is 2.44. The molecule has 0 bridgehead atoms. The third-order valence-electron chi connectivity index (χ3n) is 1.96. The van der Waals surface area contributed by atoms with Gasteiger partial charge in [0.05, 0.1) is 7.11 Å². The van der Waals surface area contributed by atoms with Crippen molar-refractivity contribution in [3.05, 3.63) is 0 Å². The molecule has 0 radical (unpaired) electrons. The molecule has 0 saturated carbocycles. The number of carbonyl (C=O) groups is 1. The highest BCUT2D eigenvalue weighted by Gasteiger charge is 2.33. The number of carbonyl (C=O) groups excluding carboxylic acids is 1. The third-order valence-corrected chi connectivity index (χ3v) is 1.96. The molecule has 74 valence electrons. The normalized spacial score (nSPS) is 26.2. The van der Waals surface area contributed by atoms with Gasteiger partial charge in [-0.2, -0.15) is 0 Å². The Morgan fingerprint density at radius 1 is 1.69 bits per heavy atom. The van der Waals surface area contributed by atoms with Gasteiger partial charge in [-0.15, -0.1) is 0 Å². The molecule has 1 aliphatic heterocycles. The highest BCUT2D eigenvalue weighted by Crippen LogP contribution is 2.18. The van der Waals surface area contributed by atoms with E-state index in [2.05, 4.69) is 23.6 Å². The number of hydrogen-bond donors (Lipinski definition) is 0. The van der Waals surface area contributed by atoms with Crippen molar-refractivity contribution < 1.29 is 14.3 Å². The fourth-order valence-corrected chi connectivity index (χ4v) is 1.33. The van der Waals surface area contributed by atoms with Crippen molar-refractivity contribution in [2.24, 2.45) is 10.9 Å². The van der Waals surface area contributed by atoms with Gasteiger partial charge in [0, 0.05) is 0 Å². The second-order valence-electron chi connectivity index (χ2n) is 3.53. The van der Waals surface area contributed by atoms with Crippen LogP contribution in [-0.4, -0.2) is 31.6 Å². The van der Waals surface area contributed by atoms with Crippen LogP contribution in [-0.2, 0) is 14.3 Å². The van der Waals surface area contributed by atoms with Crippen LogP contribution in [0.4, 0.5) is 0 Å². The molecule has 13 heavy (non-hydrogen) atoms. The first-order chi connectivity index (χ1) is 6.15. The van der Waals surface area contributed by atoms with E-state index in [-0.39, 0.29) is 12.1 Å². The van der Waals surface area contributed by atoms with Crippen molar-refractivity contribution in [2.45, 2.75) is 32.4 Å². The molecule has 0 aromatic carbocycles. The zero-order valence-electron chi connectivity index (χ0n) is 8.19. The summed E-state index contributed by atoms with van der Waals surface area (Å²) >= 11 is 0. The largest absolute Gasteiger partial charge is 0.477 e. The van der Waals surface area contributed by atoms with Crippen molar-refractivity contribution in [1.29, 1.82) is 0 Å². The Labute approximate surface area is 77.9 Å². The van der Waals surface area contributed by atoms with E-state index in [1.165, 1.54) is 13.5 Å². The lowest BCUT2D eigenvalue weighted by atomic mass is 10.0. The SMILES string of the molecule is COC(=O)[C@H]1N=CO[C@@H]1CC(C)C. The maximum atomic E-state index is 11.2. The molecule has 0 amide bonds. The quantitative estimate of drug-likeness (QED) is 0.616. The Morgan fingerprint density at radius 3 is 2.92 bits per heavy atom. The average Bonchev–Trinajstić information content (AvgIpc) is 2.50. The summed E-state index contributed by atoms with van der Waals surface area (Å²) in [7, 11) is 1.36. The minimum Gasteiger partial charge on any atom is -0.477 e. The molecule has 4 nitrogen and oxygen atoms in total. The number of ether oxygens (including phenoxy) is 2. The standard InChI is InChI=1S/C9H15NO3/c1-6(2)4-7-8(9(11)12-3)10-5-13-7/h5-8H,4H2,1-3H3/t7-,8+/m1/s1. The van der Waals surface area contributed by atoms with Gasteiger partial charge < -0.3 is 9.47 Å². The van der Waals surface area contributed by atoms with Crippen molar-refractivity contribution in [3.63, 3.8) is 0 Å². The van der Waals surface area contributed by atoms with Crippen molar-refractivity contribution in [3.8, 4) is 0 Å². The van der Waals surface area contributed by atoms with Crippen LogP contribution in [0.2, 0.25) is 0 Å². The summed E-state index contributed by atoms with van der Waals surface area (Å²) in [6, 6.07) is -0.465. The molecule has 0 N–H and O–H groups in total. The summed E-state index contributed by atoms with van der Waals surface area (Å²) in [6.07, 6.45) is 2.02. The summed E-state index contributed by atoms with van der Waals surface area (Å²) in [5.74, 6) is 0.165. The van der Waals surface area contributed by atoms with Gasteiger partial charge >= 0.3 is 5.97 Å². The predicted octanol–water partition coefficient (Wildman–Crippen LogP) is 1.00. The Bertz CT molecular complexity index is 213. The van der Waals surface area contributed by atoms with Crippen molar-refractivity contribution in [2.75, 3.05) is 7.11 Å². The van der Waals surface area contributed by atoms with E-state index in [1.54, 1.807) is 0 Å². The maximum Gasteiger partial charge on any atom is 0.334 e. The van der Waals surface area contributed by atoms with E-state index >= 15 is 0 Å². The summed E-state index contributed by atoms with van der Waals surface area (Å²) in [6.45, 7) is 4.16. The van der Waals surface area contributed by atoms with Crippen LogP contribution in [0.3, 0.4) is 0 Å². The fraction of sp³-hybridized carbons (Fsp3) is 0.778. The monoisotopic (exact) mass is 185 g/mol. The Kier molecular flexibility index (Phi) is 3.28. The number of hydrogen-bond acceptors (Lipinski definition) is 4. The summed E-state index contributed by atoms with van der Waals surface area (Å²) < 4.78 is 9.82. The van der Waals surface area contributed by atoms with Gasteiger partial charge in [-0.3, -0.25) is 0 Å². The van der Waals surface area contributed by atoms with Gasteiger partial charge in [-0.05, 0) is 12.3 Å². The van der Waals surface area contributed by atoms with E-state index in [1.807, 2.05) is 0 Å². The van der Waals surface area contributed by atoms with Gasteiger partial charge in [0.25, 0.3) is 0 Å². The topological polar surface area (TPSA) is 47.9 Å². The Balaban J connectivity index is 2.52. The summed E-state index contributed by atoms with van der Waals surface area (Å²) in [5, 5.41) is 0. The van der Waals surface area contributed by atoms with E-state index in [9.17, 15) is 4.79 Å². The van der Waals surface area contributed by atoms with Crippen LogP contribution in [0.15, 0.2) is 4.99 Å². The van der Waals surface area contributed by atoms with Gasteiger partial charge in [-0.1, -0.05) is 13.8 Å². The molecule has 1 heterocycles. The van der Waals surface area contributed by atoms with Crippen LogP contribution in [0.1, 0.15) is 20.3 Å². The molecule has 0 fully saturated rings. The molecule has 1 rings (SSSR count). The summed E-state index contributed by atoms with van der Waals surface area (Å²) in [5.41, 5.74) is 0. The molecule has 0 aliphatic carbocycles. The molecule has 0 unspecified atom stereocenters. The van der Waals surface area contributed by atoms with E-state index in [0.29, 0.717) is 5.92 Å². The second-order valence-corrected chi connectivity index (χ2v) is 3.53. The molecular weight excluding hydrogens is 170 g/mol. The van der Waals surface area contributed by atoms with Gasteiger partial charge in [-0.25, -0.2) is 9.79 Å². The molecule has 0 aromatic heterocycles. The van der Waals surface area contributed by atoms with Gasteiger partial charge in [0.15, 0.2) is 12.4 Å². The lowest BCUT2D eigenvalue weighted by Gasteiger charge is -2.16. The smallest absolute Gasteiger partial charge is 0.334 e. The molecule has 0 spiro atoms. The lowest BCUT2D eigenvalue weighted by molar-refractivity contribution is -0.143. The van der Waals surface area contributed by atoms with E-state index < -0.39 is 6.04 Å². The van der Waals surface area contributed by atoms with Crippen molar-refractivity contribution >= 4 is 12.4 Å². The van der Waals surface area contributed by atoms with Crippen LogP contribution >= 0.6 is 0 Å². The van der Waals surface area contributed by atoms with Crippen LogP contribution in [0.5, 0.6) is 0 Å². The van der Waals surface area contributed by atoms with Gasteiger partial charge in [0.2, 0.25) is 0 Å². The molecular formula is C9H15NO3. The maximum absolute atomic E-state index is 11.2. The van der Waals surface area contributed by atoms with Crippen LogP contribution in [0, 0.1) is 5.92 Å². The first-order valence-electron chi connectivity index (χ1n) is 4.40. The zero-order chi connectivity index (χ0) is 9.84. The number of nitrogens with zero attached hydrogens (tertiary/aromatic N) is 1. The fourth-order valence-electron chi connectivity index (χ4n) is 1.33. The highest BCUT2D eigenvalue weighted by molar-refractivity contribution is 5.79. The minimum absolute atomic E-state index is 0.146. The molecule has 1 aliphatic rings. The first-order valence-corrected chi connectivity index (χ1v) is 4.40. The molecule has 2 atom stereocenters. The Morgan fingerprint density at radius 2 is 2.38 bits per heavy atom. The second kappa shape index (κ2) is 4.25. The first kappa shape index (κ1) is 10.0. The average molecular weight is 185 g/mol. The predicted molar refractivity (Wildman–Crippen MR) is 48.6 cm³/mol. The van der Waals surface area contributed by atoms with Crippen molar-refractivity contribution in [1.82, 2.24) is 0 Å². The molecule has 4 heteroatoms. The zero-order valence-corrected chi connectivity index (χ0v) is 8.19. The lowest BCUT2D eigenvalue weighted by Crippen LogP contribution is -2.32. The summed E-state index contributed by atoms with van der Waals surface area (Å²) in [4.78, 5) is 15.1. The number of aliphatic imine (C=N–C) groups is 1. The number of methoxy groups -OCH3 is 1. The molecule has 0 saturated heterocycles. The highest BCUT2D eigenvalue weighted by atomic mass is 16.5. The van der Waals surface area contributed by atoms with Crippen LogP contribution in [0.25, 0.3) is 0 Å². The number of rotatable bonds is 3. The van der Waals surface area contributed by atoms with Gasteiger partial charge in [0.1, 0.15) is 6.10 Å². The van der Waals surface area contributed by atoms with Crippen LogP contribution < -0.4 is 0 Å². The number of esters is 1. The molecule has 0 aromatic rings. The minimum atomic E-state index is -0.465. The van der Waals surface area contributed by atoms with E-state index in [4.69, 9.17) is 4.74 Å². The Hall–Kier alpha value is -1.06.